The highest BCUT2D eigenvalue weighted by atomic mass is 35.5. The minimum Gasteiger partial charge on any atom is -0.294 e. The number of Topliss-reactive ketones (excluding diaryl/α,β-unsaturated/α-hetero) is 1. The molecule has 0 saturated carbocycles. The number of ketones is 1. The first kappa shape index (κ1) is 14.2. The van der Waals surface area contributed by atoms with Crippen LogP contribution in [0.1, 0.15) is 17.3 Å². The molecule has 1 aromatic rings. The first-order valence-corrected chi connectivity index (χ1v) is 7.69. The van der Waals surface area contributed by atoms with E-state index >= 15 is 0 Å². The number of thioether (sulfide) groups is 1. The predicted molar refractivity (Wildman–Crippen MR) is 79.2 cm³/mol. The minimum atomic E-state index is 0.104. The molecule has 1 aliphatic rings. The molecule has 0 amide bonds. The summed E-state index contributed by atoms with van der Waals surface area (Å²) in [5.41, 5.74) is 0.635. The van der Waals surface area contributed by atoms with Gasteiger partial charge in [0.25, 0.3) is 0 Å². The number of halogens is 2. The monoisotopic (exact) mass is 303 g/mol. The van der Waals surface area contributed by atoms with Crippen molar-refractivity contribution in [2.75, 3.05) is 25.4 Å². The van der Waals surface area contributed by atoms with Gasteiger partial charge in [0, 0.05) is 29.7 Å². The predicted octanol–water partition coefficient (Wildman–Crippen LogP) is 3.61. The van der Waals surface area contributed by atoms with Crippen molar-refractivity contribution in [3.8, 4) is 0 Å². The molecule has 0 aliphatic carbocycles. The number of benzene rings is 1. The van der Waals surface area contributed by atoms with Gasteiger partial charge in [-0.25, -0.2) is 0 Å². The molecular weight excluding hydrogens is 289 g/mol. The molecule has 98 valence electrons. The maximum absolute atomic E-state index is 12.1. The lowest BCUT2D eigenvalue weighted by molar-refractivity contribution is 0.0934. The van der Waals surface area contributed by atoms with Crippen molar-refractivity contribution in [3.05, 3.63) is 33.8 Å². The summed E-state index contributed by atoms with van der Waals surface area (Å²) in [4.78, 5) is 14.3. The first-order valence-electron chi connectivity index (χ1n) is 5.88. The van der Waals surface area contributed by atoms with Gasteiger partial charge in [0.05, 0.1) is 16.6 Å². The van der Waals surface area contributed by atoms with Crippen LogP contribution in [0.4, 0.5) is 0 Å². The smallest absolute Gasteiger partial charge is 0.176 e. The Hall–Kier alpha value is -0.220. The van der Waals surface area contributed by atoms with E-state index in [-0.39, 0.29) is 5.78 Å². The summed E-state index contributed by atoms with van der Waals surface area (Å²) in [6.07, 6.45) is 0. The van der Waals surface area contributed by atoms with Crippen LogP contribution in [0.15, 0.2) is 18.2 Å². The molecule has 1 saturated heterocycles. The van der Waals surface area contributed by atoms with Gasteiger partial charge in [0.15, 0.2) is 5.78 Å². The molecule has 2 nitrogen and oxygen atoms in total. The van der Waals surface area contributed by atoms with Crippen LogP contribution in [0.3, 0.4) is 0 Å². The zero-order valence-electron chi connectivity index (χ0n) is 10.2. The van der Waals surface area contributed by atoms with E-state index in [1.54, 1.807) is 18.2 Å². The Bertz CT molecular complexity index is 453. The standard InChI is InChI=1S/C13H15Cl2NOS/c1-9-7-16(4-5-18-9)8-13(17)10-2-3-11(14)12(15)6-10/h2-3,6,9H,4-5,7-8H2,1H3. The van der Waals surface area contributed by atoms with E-state index < -0.39 is 0 Å². The van der Waals surface area contributed by atoms with Crippen molar-refractivity contribution in [1.82, 2.24) is 4.90 Å². The molecule has 0 spiro atoms. The van der Waals surface area contributed by atoms with Gasteiger partial charge in [-0.05, 0) is 18.2 Å². The maximum Gasteiger partial charge on any atom is 0.176 e. The highest BCUT2D eigenvalue weighted by Gasteiger charge is 2.19. The number of carbonyl (C=O) groups is 1. The van der Waals surface area contributed by atoms with E-state index in [9.17, 15) is 4.79 Å². The van der Waals surface area contributed by atoms with Crippen molar-refractivity contribution in [3.63, 3.8) is 0 Å². The second-order valence-electron chi connectivity index (χ2n) is 4.47. The minimum absolute atomic E-state index is 0.104. The molecule has 1 aromatic carbocycles. The summed E-state index contributed by atoms with van der Waals surface area (Å²) in [5, 5.41) is 1.52. The van der Waals surface area contributed by atoms with Crippen LogP contribution >= 0.6 is 35.0 Å². The number of nitrogens with zero attached hydrogens (tertiary/aromatic N) is 1. The van der Waals surface area contributed by atoms with Gasteiger partial charge in [0.1, 0.15) is 0 Å². The van der Waals surface area contributed by atoms with Crippen LogP contribution in [0.25, 0.3) is 0 Å². The Labute approximate surface area is 122 Å². The van der Waals surface area contributed by atoms with Gasteiger partial charge >= 0.3 is 0 Å². The Kier molecular flexibility index (Phi) is 4.96. The fourth-order valence-electron chi connectivity index (χ4n) is 2.00. The molecule has 1 fully saturated rings. The van der Waals surface area contributed by atoms with Gasteiger partial charge in [-0.15, -0.1) is 0 Å². The Morgan fingerprint density at radius 1 is 1.44 bits per heavy atom. The van der Waals surface area contributed by atoms with Crippen LogP contribution in [0.2, 0.25) is 10.0 Å². The summed E-state index contributed by atoms with van der Waals surface area (Å²) in [7, 11) is 0. The van der Waals surface area contributed by atoms with E-state index in [1.807, 2.05) is 11.8 Å². The van der Waals surface area contributed by atoms with E-state index in [0.29, 0.717) is 27.4 Å². The molecule has 0 N–H and O–H groups in total. The SMILES string of the molecule is CC1CN(CC(=O)c2ccc(Cl)c(Cl)c2)CCS1. The summed E-state index contributed by atoms with van der Waals surface area (Å²) < 4.78 is 0. The second-order valence-corrected chi connectivity index (χ2v) is 6.83. The number of hydrogen-bond donors (Lipinski definition) is 0. The highest BCUT2D eigenvalue weighted by molar-refractivity contribution is 7.99. The molecule has 0 aromatic heterocycles. The molecule has 1 heterocycles. The van der Waals surface area contributed by atoms with E-state index in [4.69, 9.17) is 23.2 Å². The first-order chi connectivity index (χ1) is 8.56. The average molecular weight is 304 g/mol. The van der Waals surface area contributed by atoms with Crippen molar-refractivity contribution in [1.29, 1.82) is 0 Å². The number of rotatable bonds is 3. The lowest BCUT2D eigenvalue weighted by atomic mass is 10.1. The van der Waals surface area contributed by atoms with Gasteiger partial charge in [-0.2, -0.15) is 11.8 Å². The highest BCUT2D eigenvalue weighted by Crippen LogP contribution is 2.23. The van der Waals surface area contributed by atoms with Gasteiger partial charge < -0.3 is 0 Å². The van der Waals surface area contributed by atoms with E-state index in [1.165, 1.54) is 0 Å². The average Bonchev–Trinajstić information content (AvgIpc) is 2.32. The molecule has 18 heavy (non-hydrogen) atoms. The second kappa shape index (κ2) is 6.29. The Morgan fingerprint density at radius 3 is 2.89 bits per heavy atom. The third kappa shape index (κ3) is 3.64. The molecule has 1 atom stereocenters. The zero-order valence-corrected chi connectivity index (χ0v) is 12.5. The maximum atomic E-state index is 12.1. The van der Waals surface area contributed by atoms with Gasteiger partial charge in [-0.3, -0.25) is 9.69 Å². The fraction of sp³-hybridized carbons (Fsp3) is 0.462. The third-order valence-electron chi connectivity index (χ3n) is 2.93. The lowest BCUT2D eigenvalue weighted by Crippen LogP contribution is -2.39. The molecule has 0 radical (unpaired) electrons. The van der Waals surface area contributed by atoms with Crippen LogP contribution in [-0.2, 0) is 0 Å². The largest absolute Gasteiger partial charge is 0.294 e. The quantitative estimate of drug-likeness (QED) is 0.796. The van der Waals surface area contributed by atoms with Gasteiger partial charge in [-0.1, -0.05) is 30.1 Å². The molecule has 5 heteroatoms. The summed E-state index contributed by atoms with van der Waals surface area (Å²) in [6, 6.07) is 5.05. The Morgan fingerprint density at radius 2 is 2.22 bits per heavy atom. The number of carbonyl (C=O) groups excluding carboxylic acids is 1. The summed E-state index contributed by atoms with van der Waals surface area (Å²) >= 11 is 13.7. The van der Waals surface area contributed by atoms with Crippen LogP contribution in [0.5, 0.6) is 0 Å². The van der Waals surface area contributed by atoms with Crippen molar-refractivity contribution < 1.29 is 4.79 Å². The third-order valence-corrected chi connectivity index (χ3v) is 4.81. The van der Waals surface area contributed by atoms with Crippen LogP contribution in [0, 0.1) is 0 Å². The number of hydrogen-bond acceptors (Lipinski definition) is 3. The van der Waals surface area contributed by atoms with Crippen LogP contribution in [-0.4, -0.2) is 41.3 Å². The topological polar surface area (TPSA) is 20.3 Å². The zero-order chi connectivity index (χ0) is 13.1. The molecule has 1 aliphatic heterocycles. The van der Waals surface area contributed by atoms with Gasteiger partial charge in [0.2, 0.25) is 0 Å². The molecule has 2 rings (SSSR count). The molecular formula is C13H15Cl2NOS. The van der Waals surface area contributed by atoms with Crippen molar-refractivity contribution in [2.45, 2.75) is 12.2 Å². The van der Waals surface area contributed by atoms with Crippen molar-refractivity contribution in [2.24, 2.45) is 0 Å². The summed E-state index contributed by atoms with van der Waals surface area (Å²) in [6.45, 7) is 4.60. The Balaban J connectivity index is 2.00. The van der Waals surface area contributed by atoms with E-state index in [2.05, 4.69) is 11.8 Å². The van der Waals surface area contributed by atoms with Crippen LogP contribution < -0.4 is 0 Å². The molecule has 1 unspecified atom stereocenters. The van der Waals surface area contributed by atoms with Crippen molar-refractivity contribution >= 4 is 40.7 Å². The van der Waals surface area contributed by atoms with E-state index in [0.717, 1.165) is 18.8 Å². The molecule has 0 bridgehead atoms. The summed E-state index contributed by atoms with van der Waals surface area (Å²) in [5.74, 6) is 1.20. The normalized spacial score (nSPS) is 20.9. The lowest BCUT2D eigenvalue weighted by Gasteiger charge is -2.29. The fourth-order valence-corrected chi connectivity index (χ4v) is 3.38.